The van der Waals surface area contributed by atoms with Gasteiger partial charge in [0, 0.05) is 24.2 Å². The van der Waals surface area contributed by atoms with Gasteiger partial charge >= 0.3 is 0 Å². The van der Waals surface area contributed by atoms with Crippen molar-refractivity contribution < 1.29 is 4.39 Å². The van der Waals surface area contributed by atoms with Crippen LogP contribution in [0.1, 0.15) is 46.2 Å². The summed E-state index contributed by atoms with van der Waals surface area (Å²) < 4.78 is 14.0. The Bertz CT molecular complexity index is 392. The molecule has 1 aromatic rings. The Hall–Kier alpha value is -0.930. The second kappa shape index (κ2) is 8.38. The summed E-state index contributed by atoms with van der Waals surface area (Å²) in [5, 5.41) is 3.44. The van der Waals surface area contributed by atoms with Gasteiger partial charge in [-0.05, 0) is 38.9 Å². The summed E-state index contributed by atoms with van der Waals surface area (Å²) in [6.07, 6.45) is 0. The molecule has 20 heavy (non-hydrogen) atoms. The van der Waals surface area contributed by atoms with Crippen molar-refractivity contribution in [3.8, 4) is 0 Å². The highest BCUT2D eigenvalue weighted by molar-refractivity contribution is 5.22. The van der Waals surface area contributed by atoms with Gasteiger partial charge in [-0.25, -0.2) is 4.39 Å². The molecule has 0 saturated carbocycles. The van der Waals surface area contributed by atoms with E-state index in [0.29, 0.717) is 12.0 Å². The maximum absolute atomic E-state index is 14.0. The van der Waals surface area contributed by atoms with E-state index in [2.05, 4.69) is 44.8 Å². The van der Waals surface area contributed by atoms with Crippen molar-refractivity contribution >= 4 is 0 Å². The summed E-state index contributed by atoms with van der Waals surface area (Å²) in [7, 11) is 0. The Labute approximate surface area is 123 Å². The Kier molecular flexibility index (Phi) is 7.17. The fraction of sp³-hybridized carbons (Fsp3) is 0.647. The molecule has 0 heterocycles. The van der Waals surface area contributed by atoms with Crippen LogP contribution >= 0.6 is 0 Å². The smallest absolute Gasteiger partial charge is 0.127 e. The lowest BCUT2D eigenvalue weighted by molar-refractivity contribution is 0.181. The molecule has 0 aromatic heterocycles. The first-order chi connectivity index (χ1) is 9.51. The zero-order chi connectivity index (χ0) is 15.1. The predicted molar refractivity (Wildman–Crippen MR) is 84.4 cm³/mol. The maximum Gasteiger partial charge on any atom is 0.127 e. The molecule has 2 atom stereocenters. The summed E-state index contributed by atoms with van der Waals surface area (Å²) in [6.45, 7) is 13.7. The van der Waals surface area contributed by atoms with E-state index in [4.69, 9.17) is 0 Å². The fourth-order valence-electron chi connectivity index (χ4n) is 2.75. The van der Waals surface area contributed by atoms with Gasteiger partial charge in [-0.3, -0.25) is 0 Å². The molecule has 2 nitrogen and oxygen atoms in total. The SMILES string of the molecule is CCNC(c1ccccc1F)C(C)CN(CC)C(C)C. The van der Waals surface area contributed by atoms with E-state index >= 15 is 0 Å². The predicted octanol–water partition coefficient (Wildman–Crippen LogP) is 3.84. The van der Waals surface area contributed by atoms with Crippen LogP contribution in [0.4, 0.5) is 4.39 Å². The van der Waals surface area contributed by atoms with E-state index in [1.54, 1.807) is 12.1 Å². The molecule has 1 rings (SSSR count). The van der Waals surface area contributed by atoms with Gasteiger partial charge in [0.15, 0.2) is 0 Å². The van der Waals surface area contributed by atoms with Crippen molar-refractivity contribution in [3.63, 3.8) is 0 Å². The van der Waals surface area contributed by atoms with Gasteiger partial charge in [-0.2, -0.15) is 0 Å². The number of benzene rings is 1. The first-order valence-electron chi connectivity index (χ1n) is 7.73. The van der Waals surface area contributed by atoms with E-state index in [-0.39, 0.29) is 11.9 Å². The standard InChI is InChI=1S/C17H29FN2/c1-6-19-17(15-10-8-9-11-16(15)18)14(5)12-20(7-2)13(3)4/h8-11,13-14,17,19H,6-7,12H2,1-5H3. The largest absolute Gasteiger partial charge is 0.310 e. The van der Waals surface area contributed by atoms with Gasteiger partial charge in [0.2, 0.25) is 0 Å². The summed E-state index contributed by atoms with van der Waals surface area (Å²) in [4.78, 5) is 2.43. The average molecular weight is 280 g/mol. The van der Waals surface area contributed by atoms with Crippen LogP contribution in [0.5, 0.6) is 0 Å². The van der Waals surface area contributed by atoms with Crippen LogP contribution < -0.4 is 5.32 Å². The highest BCUT2D eigenvalue weighted by Crippen LogP contribution is 2.25. The second-order valence-electron chi connectivity index (χ2n) is 5.72. The zero-order valence-corrected chi connectivity index (χ0v) is 13.5. The molecule has 0 aliphatic rings. The molecule has 0 amide bonds. The van der Waals surface area contributed by atoms with Gasteiger partial charge in [0.25, 0.3) is 0 Å². The average Bonchev–Trinajstić information content (AvgIpc) is 2.42. The third-order valence-electron chi connectivity index (χ3n) is 3.89. The van der Waals surface area contributed by atoms with Crippen LogP contribution in [-0.2, 0) is 0 Å². The molecule has 0 spiro atoms. The quantitative estimate of drug-likeness (QED) is 0.778. The number of halogens is 1. The molecule has 1 aromatic carbocycles. The fourth-order valence-corrected chi connectivity index (χ4v) is 2.75. The number of hydrogen-bond donors (Lipinski definition) is 1. The summed E-state index contributed by atoms with van der Waals surface area (Å²) in [5.41, 5.74) is 0.779. The van der Waals surface area contributed by atoms with Gasteiger partial charge in [-0.15, -0.1) is 0 Å². The van der Waals surface area contributed by atoms with E-state index in [1.165, 1.54) is 0 Å². The van der Waals surface area contributed by atoms with E-state index < -0.39 is 0 Å². The van der Waals surface area contributed by atoms with Crippen molar-refractivity contribution in [1.82, 2.24) is 10.2 Å². The van der Waals surface area contributed by atoms with Crippen molar-refractivity contribution in [2.45, 2.75) is 46.7 Å². The topological polar surface area (TPSA) is 15.3 Å². The number of nitrogens with one attached hydrogen (secondary N) is 1. The summed E-state index contributed by atoms with van der Waals surface area (Å²) >= 11 is 0. The maximum atomic E-state index is 14.0. The van der Waals surface area contributed by atoms with E-state index in [0.717, 1.165) is 25.2 Å². The van der Waals surface area contributed by atoms with Crippen LogP contribution in [-0.4, -0.2) is 30.6 Å². The van der Waals surface area contributed by atoms with Crippen LogP contribution in [0.25, 0.3) is 0 Å². The monoisotopic (exact) mass is 280 g/mol. The molecule has 114 valence electrons. The molecule has 1 N–H and O–H groups in total. The van der Waals surface area contributed by atoms with Crippen molar-refractivity contribution in [2.24, 2.45) is 5.92 Å². The van der Waals surface area contributed by atoms with Gasteiger partial charge in [-0.1, -0.05) is 39.0 Å². The Morgan fingerprint density at radius 3 is 2.30 bits per heavy atom. The molecule has 0 fully saturated rings. The lowest BCUT2D eigenvalue weighted by Crippen LogP contribution is -2.39. The molecule has 3 heteroatoms. The van der Waals surface area contributed by atoms with E-state index in [1.807, 2.05) is 12.1 Å². The number of hydrogen-bond acceptors (Lipinski definition) is 2. The van der Waals surface area contributed by atoms with Crippen LogP contribution in [0.15, 0.2) is 24.3 Å². The van der Waals surface area contributed by atoms with Gasteiger partial charge in [0.1, 0.15) is 5.82 Å². The van der Waals surface area contributed by atoms with Crippen LogP contribution in [0, 0.1) is 11.7 Å². The lowest BCUT2D eigenvalue weighted by Gasteiger charge is -2.32. The van der Waals surface area contributed by atoms with Gasteiger partial charge in [0.05, 0.1) is 0 Å². The molecule has 0 saturated heterocycles. The molecular weight excluding hydrogens is 251 g/mol. The Balaban J connectivity index is 2.88. The molecular formula is C17H29FN2. The molecule has 2 unspecified atom stereocenters. The van der Waals surface area contributed by atoms with Crippen LogP contribution in [0.3, 0.4) is 0 Å². The van der Waals surface area contributed by atoms with Crippen molar-refractivity contribution in [2.75, 3.05) is 19.6 Å². The first-order valence-corrected chi connectivity index (χ1v) is 7.73. The summed E-state index contributed by atoms with van der Waals surface area (Å²) in [5.74, 6) is 0.243. The number of rotatable bonds is 8. The third-order valence-corrected chi connectivity index (χ3v) is 3.89. The minimum Gasteiger partial charge on any atom is -0.310 e. The third kappa shape index (κ3) is 4.57. The zero-order valence-electron chi connectivity index (χ0n) is 13.5. The minimum absolute atomic E-state index is 0.0639. The first kappa shape index (κ1) is 17.1. The Morgan fingerprint density at radius 2 is 1.80 bits per heavy atom. The van der Waals surface area contributed by atoms with Crippen molar-refractivity contribution in [3.05, 3.63) is 35.6 Å². The molecule has 0 bridgehead atoms. The Morgan fingerprint density at radius 1 is 1.15 bits per heavy atom. The van der Waals surface area contributed by atoms with Gasteiger partial charge < -0.3 is 10.2 Å². The highest BCUT2D eigenvalue weighted by Gasteiger charge is 2.23. The molecule has 0 aliphatic heterocycles. The highest BCUT2D eigenvalue weighted by atomic mass is 19.1. The lowest BCUT2D eigenvalue weighted by atomic mass is 9.93. The normalized spacial score (nSPS) is 14.8. The summed E-state index contributed by atoms with van der Waals surface area (Å²) in [6, 6.07) is 7.69. The van der Waals surface area contributed by atoms with E-state index in [9.17, 15) is 4.39 Å². The number of nitrogens with zero attached hydrogens (tertiary/aromatic N) is 1. The van der Waals surface area contributed by atoms with Crippen LogP contribution in [0.2, 0.25) is 0 Å². The second-order valence-corrected chi connectivity index (χ2v) is 5.72. The molecule has 0 aliphatic carbocycles. The minimum atomic E-state index is -0.113. The molecule has 0 radical (unpaired) electrons. The van der Waals surface area contributed by atoms with Crippen molar-refractivity contribution in [1.29, 1.82) is 0 Å².